The molecule has 0 aliphatic carbocycles. The Morgan fingerprint density at radius 1 is 1.23 bits per heavy atom. The second kappa shape index (κ2) is 6.61. The van der Waals surface area contributed by atoms with Gasteiger partial charge in [0, 0.05) is 12.1 Å². The molecule has 1 atom stereocenters. The van der Waals surface area contributed by atoms with Gasteiger partial charge < -0.3 is 5.11 Å². The molecule has 0 radical (unpaired) electrons. The maximum atomic E-state index is 11.9. The molecule has 0 spiro atoms. The molecule has 1 aliphatic heterocycles. The average Bonchev–Trinajstić information content (AvgIpc) is 2.43. The zero-order chi connectivity index (χ0) is 16.4. The zero-order valence-corrected chi connectivity index (χ0v) is 13.9. The lowest BCUT2D eigenvalue weighted by Crippen LogP contribution is -2.44. The fourth-order valence-corrected chi connectivity index (χ4v) is 3.67. The van der Waals surface area contributed by atoms with Crippen LogP contribution < -0.4 is 0 Å². The van der Waals surface area contributed by atoms with Crippen LogP contribution in [0.2, 0.25) is 0 Å². The summed E-state index contributed by atoms with van der Waals surface area (Å²) in [5.74, 6) is -0.668. The second-order valence-corrected chi connectivity index (χ2v) is 6.37. The van der Waals surface area contributed by atoms with Crippen molar-refractivity contribution in [2.75, 3.05) is 6.54 Å². The van der Waals surface area contributed by atoms with Gasteiger partial charge >= 0.3 is 5.97 Å². The van der Waals surface area contributed by atoms with Gasteiger partial charge in [0.05, 0.1) is 0 Å². The lowest BCUT2D eigenvalue weighted by atomic mass is 9.90. The number of aliphatic carboxylic acids is 1. The lowest BCUT2D eigenvalue weighted by Gasteiger charge is -2.34. The van der Waals surface area contributed by atoms with Crippen LogP contribution in [0.1, 0.15) is 58.8 Å². The monoisotopic (exact) mass is 303 g/mol. The molecule has 1 aliphatic rings. The van der Waals surface area contributed by atoms with E-state index in [-0.39, 0.29) is 5.78 Å². The summed E-state index contributed by atoms with van der Waals surface area (Å²) in [6.45, 7) is 8.98. The number of carbonyl (C=O) groups is 2. The largest absolute Gasteiger partial charge is 0.480 e. The fourth-order valence-electron chi connectivity index (χ4n) is 3.67. The van der Waals surface area contributed by atoms with E-state index < -0.39 is 12.0 Å². The maximum absolute atomic E-state index is 11.9. The van der Waals surface area contributed by atoms with Crippen LogP contribution in [0.5, 0.6) is 0 Å². The van der Waals surface area contributed by atoms with Crippen molar-refractivity contribution in [2.24, 2.45) is 0 Å². The number of hydrogen-bond donors (Lipinski definition) is 1. The van der Waals surface area contributed by atoms with Crippen molar-refractivity contribution in [3.63, 3.8) is 0 Å². The molecule has 4 nitrogen and oxygen atoms in total. The van der Waals surface area contributed by atoms with E-state index in [9.17, 15) is 14.7 Å². The molecule has 1 aromatic rings. The highest BCUT2D eigenvalue weighted by atomic mass is 16.4. The van der Waals surface area contributed by atoms with Gasteiger partial charge in [-0.1, -0.05) is 12.5 Å². The zero-order valence-electron chi connectivity index (χ0n) is 13.9. The number of Topliss-reactive ketones (excluding diaryl/α,β-unsaturated/α-hetero) is 1. The standard InChI is InChI=1S/C18H25NO3/c1-11-9-12(2)17(14(4)20)13(3)15(11)10-19-8-6-5-7-16(19)18(21)22/h9,16H,5-8,10H2,1-4H3,(H,21,22)/t16-/m1/s1. The maximum Gasteiger partial charge on any atom is 0.320 e. The van der Waals surface area contributed by atoms with Gasteiger partial charge in [0.1, 0.15) is 6.04 Å². The van der Waals surface area contributed by atoms with Crippen molar-refractivity contribution in [3.8, 4) is 0 Å². The Morgan fingerprint density at radius 2 is 1.91 bits per heavy atom. The third kappa shape index (κ3) is 3.22. The van der Waals surface area contributed by atoms with E-state index in [0.717, 1.165) is 47.2 Å². The molecule has 1 N–H and O–H groups in total. The van der Waals surface area contributed by atoms with Crippen molar-refractivity contribution >= 4 is 11.8 Å². The summed E-state index contributed by atoms with van der Waals surface area (Å²) in [6, 6.07) is 1.63. The highest BCUT2D eigenvalue weighted by Gasteiger charge is 2.29. The van der Waals surface area contributed by atoms with Crippen LogP contribution in [0.15, 0.2) is 6.07 Å². The molecule has 0 bridgehead atoms. The van der Waals surface area contributed by atoms with E-state index in [2.05, 4.69) is 0 Å². The minimum absolute atomic E-state index is 0.0738. The third-order valence-corrected chi connectivity index (χ3v) is 4.74. The SMILES string of the molecule is CC(=O)c1c(C)cc(C)c(CN2CCCC[C@@H]2C(=O)O)c1C. The third-order valence-electron chi connectivity index (χ3n) is 4.74. The smallest absolute Gasteiger partial charge is 0.320 e. The van der Waals surface area contributed by atoms with Crippen LogP contribution in [-0.4, -0.2) is 34.3 Å². The van der Waals surface area contributed by atoms with Crippen LogP contribution in [-0.2, 0) is 11.3 Å². The first-order chi connectivity index (χ1) is 10.3. The molecular formula is C18H25NO3. The van der Waals surface area contributed by atoms with Crippen LogP contribution in [0.4, 0.5) is 0 Å². The first-order valence-corrected chi connectivity index (χ1v) is 7.90. The minimum atomic E-state index is -0.742. The van der Waals surface area contributed by atoms with Crippen molar-refractivity contribution < 1.29 is 14.7 Å². The quantitative estimate of drug-likeness (QED) is 0.867. The number of nitrogens with zero attached hydrogens (tertiary/aromatic N) is 1. The predicted octanol–water partition coefficient (Wildman–Crippen LogP) is 3.25. The molecule has 4 heteroatoms. The summed E-state index contributed by atoms with van der Waals surface area (Å²) >= 11 is 0. The average molecular weight is 303 g/mol. The Balaban J connectivity index is 2.38. The van der Waals surface area contributed by atoms with Gasteiger partial charge in [-0.25, -0.2) is 0 Å². The van der Waals surface area contributed by atoms with Crippen LogP contribution in [0.3, 0.4) is 0 Å². The van der Waals surface area contributed by atoms with E-state index >= 15 is 0 Å². The number of hydrogen-bond acceptors (Lipinski definition) is 3. The Labute approximate surface area is 132 Å². The van der Waals surface area contributed by atoms with Gasteiger partial charge in [-0.05, 0) is 69.3 Å². The van der Waals surface area contributed by atoms with Gasteiger partial charge in [0.25, 0.3) is 0 Å². The minimum Gasteiger partial charge on any atom is -0.480 e. The second-order valence-electron chi connectivity index (χ2n) is 6.37. The van der Waals surface area contributed by atoms with Gasteiger partial charge in [0.15, 0.2) is 5.78 Å². The van der Waals surface area contributed by atoms with E-state index in [1.807, 2.05) is 31.7 Å². The van der Waals surface area contributed by atoms with Gasteiger partial charge in [0.2, 0.25) is 0 Å². The first-order valence-electron chi connectivity index (χ1n) is 7.90. The normalized spacial score (nSPS) is 19.2. The van der Waals surface area contributed by atoms with Crippen molar-refractivity contribution in [2.45, 2.75) is 59.5 Å². The van der Waals surface area contributed by atoms with Gasteiger partial charge in [-0.3, -0.25) is 14.5 Å². The molecule has 1 saturated heterocycles. The molecule has 120 valence electrons. The van der Waals surface area contributed by atoms with Gasteiger partial charge in [-0.15, -0.1) is 0 Å². The fraction of sp³-hybridized carbons (Fsp3) is 0.556. The number of carbonyl (C=O) groups excluding carboxylic acids is 1. The highest BCUT2D eigenvalue weighted by Crippen LogP contribution is 2.27. The van der Waals surface area contributed by atoms with E-state index in [4.69, 9.17) is 0 Å². The number of piperidine rings is 1. The molecule has 0 saturated carbocycles. The number of carboxylic acid groups (broad SMARTS) is 1. The van der Waals surface area contributed by atoms with E-state index in [0.29, 0.717) is 13.0 Å². The summed E-state index contributed by atoms with van der Waals surface area (Å²) in [6.07, 6.45) is 2.71. The molecule has 1 aromatic carbocycles. The Kier molecular flexibility index (Phi) is 5.01. The van der Waals surface area contributed by atoms with E-state index in [1.54, 1.807) is 6.92 Å². The number of ketones is 1. The molecule has 22 heavy (non-hydrogen) atoms. The molecule has 1 fully saturated rings. The van der Waals surface area contributed by atoms with Crippen molar-refractivity contribution in [1.82, 2.24) is 4.90 Å². The number of likely N-dealkylation sites (tertiary alicyclic amines) is 1. The number of rotatable bonds is 4. The Bertz CT molecular complexity index is 607. The molecule has 0 unspecified atom stereocenters. The van der Waals surface area contributed by atoms with E-state index in [1.165, 1.54) is 0 Å². The Morgan fingerprint density at radius 3 is 2.50 bits per heavy atom. The summed E-state index contributed by atoms with van der Waals surface area (Å²) in [4.78, 5) is 25.4. The summed E-state index contributed by atoms with van der Waals surface area (Å²) in [5, 5.41) is 9.42. The van der Waals surface area contributed by atoms with Crippen molar-refractivity contribution in [1.29, 1.82) is 0 Å². The van der Waals surface area contributed by atoms with Crippen LogP contribution in [0, 0.1) is 20.8 Å². The first kappa shape index (κ1) is 16.7. The predicted molar refractivity (Wildman–Crippen MR) is 86.3 cm³/mol. The van der Waals surface area contributed by atoms with Crippen LogP contribution >= 0.6 is 0 Å². The highest BCUT2D eigenvalue weighted by molar-refractivity contribution is 5.97. The summed E-state index contributed by atoms with van der Waals surface area (Å²) < 4.78 is 0. The molecule has 1 heterocycles. The number of carboxylic acids is 1. The van der Waals surface area contributed by atoms with Crippen molar-refractivity contribution in [3.05, 3.63) is 33.9 Å². The van der Waals surface area contributed by atoms with Gasteiger partial charge in [-0.2, -0.15) is 0 Å². The number of benzene rings is 1. The molecule has 0 aromatic heterocycles. The van der Waals surface area contributed by atoms with Crippen LogP contribution in [0.25, 0.3) is 0 Å². The topological polar surface area (TPSA) is 57.6 Å². The summed E-state index contributed by atoms with van der Waals surface area (Å²) in [5.41, 5.74) is 5.02. The Hall–Kier alpha value is -1.68. The molecule has 0 amide bonds. The lowest BCUT2D eigenvalue weighted by molar-refractivity contribution is -0.144. The molecular weight excluding hydrogens is 278 g/mol. The molecule has 2 rings (SSSR count). The summed E-state index contributed by atoms with van der Waals surface area (Å²) in [7, 11) is 0. The number of aryl methyl sites for hydroxylation is 2.